The Bertz CT molecular complexity index is 515. The van der Waals surface area contributed by atoms with Crippen LogP contribution < -0.4 is 0 Å². The average Bonchev–Trinajstić information content (AvgIpc) is 3.11. The highest BCUT2D eigenvalue weighted by Crippen LogP contribution is 2.30. The lowest BCUT2D eigenvalue weighted by molar-refractivity contribution is 0.393. The summed E-state index contributed by atoms with van der Waals surface area (Å²) in [6.07, 6.45) is 0.793. The van der Waals surface area contributed by atoms with E-state index in [2.05, 4.69) is 19.6 Å². The normalized spacial score (nSPS) is 21.1. The molecule has 19 heavy (non-hydrogen) atoms. The Morgan fingerprint density at radius 3 is 2.32 bits per heavy atom. The highest BCUT2D eigenvalue weighted by atomic mass is 32.2. The van der Waals surface area contributed by atoms with Crippen molar-refractivity contribution in [2.45, 2.75) is 48.4 Å². The van der Waals surface area contributed by atoms with Gasteiger partial charge in [0.2, 0.25) is 0 Å². The number of rotatable bonds is 6. The van der Waals surface area contributed by atoms with Gasteiger partial charge in [0.25, 0.3) is 0 Å². The van der Waals surface area contributed by atoms with Crippen molar-refractivity contribution in [1.29, 1.82) is 0 Å². The van der Waals surface area contributed by atoms with Crippen molar-refractivity contribution in [2.24, 2.45) is 0 Å². The maximum Gasteiger partial charge on any atom is 0.181 e. The quantitative estimate of drug-likeness (QED) is 0.599. The SMILES string of the molecule is C[Si](C)(C)CC(CC1CO1)S(=O)(=O)c1ccccc1. The number of sulfone groups is 1. The second-order valence-corrected chi connectivity index (χ2v) is 14.2. The van der Waals surface area contributed by atoms with Gasteiger partial charge in [0.15, 0.2) is 9.84 Å². The molecule has 0 amide bonds. The van der Waals surface area contributed by atoms with Crippen LogP contribution in [0.15, 0.2) is 35.2 Å². The predicted octanol–water partition coefficient (Wildman–Crippen LogP) is 2.96. The molecule has 0 N–H and O–H groups in total. The highest BCUT2D eigenvalue weighted by molar-refractivity contribution is 7.92. The standard InChI is InChI=1S/C14H22O3SSi/c1-19(2,3)11-14(9-12-10-17-12)18(15,16)13-7-5-4-6-8-13/h4-8,12,14H,9-11H2,1-3H3. The zero-order chi connectivity index (χ0) is 14.1. The van der Waals surface area contributed by atoms with Crippen molar-refractivity contribution in [3.8, 4) is 0 Å². The van der Waals surface area contributed by atoms with E-state index in [1.165, 1.54) is 0 Å². The molecular weight excluding hydrogens is 276 g/mol. The molecule has 1 fully saturated rings. The van der Waals surface area contributed by atoms with Crippen LogP contribution in [-0.4, -0.2) is 34.5 Å². The molecule has 1 aromatic rings. The Balaban J connectivity index is 2.25. The van der Waals surface area contributed by atoms with E-state index >= 15 is 0 Å². The molecular formula is C14H22O3SSi. The number of benzene rings is 1. The van der Waals surface area contributed by atoms with Gasteiger partial charge in [-0.2, -0.15) is 0 Å². The molecule has 2 atom stereocenters. The highest BCUT2D eigenvalue weighted by Gasteiger charge is 2.37. The predicted molar refractivity (Wildman–Crippen MR) is 79.9 cm³/mol. The van der Waals surface area contributed by atoms with E-state index in [0.29, 0.717) is 17.9 Å². The van der Waals surface area contributed by atoms with Crippen molar-refractivity contribution >= 4 is 17.9 Å². The van der Waals surface area contributed by atoms with Gasteiger partial charge in [-0.25, -0.2) is 8.42 Å². The molecule has 1 aliphatic heterocycles. The summed E-state index contributed by atoms with van der Waals surface area (Å²) in [5.41, 5.74) is 0. The Labute approximate surface area is 116 Å². The second-order valence-electron chi connectivity index (χ2n) is 6.44. The molecule has 0 bridgehead atoms. The van der Waals surface area contributed by atoms with Crippen LogP contribution in [0.5, 0.6) is 0 Å². The van der Waals surface area contributed by atoms with Gasteiger partial charge in [-0.3, -0.25) is 0 Å². The van der Waals surface area contributed by atoms with Gasteiger partial charge in [0.1, 0.15) is 0 Å². The number of epoxide rings is 1. The summed E-state index contributed by atoms with van der Waals surface area (Å²) in [6, 6.07) is 9.60. The van der Waals surface area contributed by atoms with Crippen molar-refractivity contribution in [3.63, 3.8) is 0 Å². The van der Waals surface area contributed by atoms with Gasteiger partial charge < -0.3 is 4.74 Å². The summed E-state index contributed by atoms with van der Waals surface area (Å²) in [5, 5.41) is -0.297. The molecule has 3 nitrogen and oxygen atoms in total. The lowest BCUT2D eigenvalue weighted by atomic mass is 10.3. The topological polar surface area (TPSA) is 46.7 Å². The minimum Gasteiger partial charge on any atom is -0.373 e. The summed E-state index contributed by atoms with van der Waals surface area (Å²) >= 11 is 0. The lowest BCUT2D eigenvalue weighted by Gasteiger charge is -2.24. The zero-order valence-electron chi connectivity index (χ0n) is 11.8. The first-order valence-corrected chi connectivity index (χ1v) is 11.9. The van der Waals surface area contributed by atoms with E-state index in [9.17, 15) is 8.42 Å². The van der Waals surface area contributed by atoms with Crippen molar-refractivity contribution in [3.05, 3.63) is 30.3 Å². The van der Waals surface area contributed by atoms with Crippen molar-refractivity contribution < 1.29 is 13.2 Å². The van der Waals surface area contributed by atoms with Crippen LogP contribution in [0.1, 0.15) is 6.42 Å². The number of hydrogen-bond acceptors (Lipinski definition) is 3. The first kappa shape index (κ1) is 14.7. The van der Waals surface area contributed by atoms with E-state index in [-0.39, 0.29) is 11.4 Å². The maximum absolute atomic E-state index is 12.7. The zero-order valence-corrected chi connectivity index (χ0v) is 13.6. The fraction of sp³-hybridized carbons (Fsp3) is 0.571. The fourth-order valence-electron chi connectivity index (χ4n) is 2.30. The van der Waals surface area contributed by atoms with Crippen LogP contribution in [0, 0.1) is 0 Å². The summed E-state index contributed by atoms with van der Waals surface area (Å²) in [5.74, 6) is 0. The summed E-state index contributed by atoms with van der Waals surface area (Å²) in [7, 11) is -4.67. The Morgan fingerprint density at radius 2 is 1.84 bits per heavy atom. The van der Waals surface area contributed by atoms with Gasteiger partial charge in [0, 0.05) is 8.07 Å². The molecule has 1 aromatic carbocycles. The van der Waals surface area contributed by atoms with Crippen LogP contribution in [0.4, 0.5) is 0 Å². The summed E-state index contributed by atoms with van der Waals surface area (Å²) in [4.78, 5) is 0.443. The number of ether oxygens (including phenoxy) is 1. The molecule has 0 aromatic heterocycles. The molecule has 106 valence electrons. The lowest BCUT2D eigenvalue weighted by Crippen LogP contribution is -2.33. The Morgan fingerprint density at radius 1 is 1.26 bits per heavy atom. The Hall–Kier alpha value is -0.653. The molecule has 0 spiro atoms. The first-order chi connectivity index (χ1) is 8.79. The smallest absolute Gasteiger partial charge is 0.181 e. The minimum atomic E-state index is -3.23. The third-order valence-electron chi connectivity index (χ3n) is 3.28. The van der Waals surface area contributed by atoms with Crippen LogP contribution in [0.2, 0.25) is 25.7 Å². The molecule has 0 saturated carbocycles. The number of hydrogen-bond donors (Lipinski definition) is 0. The fourth-order valence-corrected chi connectivity index (χ4v) is 7.60. The van der Waals surface area contributed by atoms with Gasteiger partial charge in [-0.15, -0.1) is 0 Å². The van der Waals surface area contributed by atoms with Crippen molar-refractivity contribution in [2.75, 3.05) is 6.61 Å². The van der Waals surface area contributed by atoms with E-state index in [4.69, 9.17) is 4.74 Å². The van der Waals surface area contributed by atoms with E-state index in [1.807, 2.05) is 6.07 Å². The van der Waals surface area contributed by atoms with Crippen LogP contribution in [-0.2, 0) is 14.6 Å². The molecule has 1 saturated heterocycles. The molecule has 0 aliphatic carbocycles. The first-order valence-electron chi connectivity index (χ1n) is 6.69. The van der Waals surface area contributed by atoms with Crippen LogP contribution >= 0.6 is 0 Å². The van der Waals surface area contributed by atoms with E-state index in [0.717, 1.165) is 6.04 Å². The molecule has 1 aliphatic rings. The van der Waals surface area contributed by atoms with Gasteiger partial charge in [-0.05, 0) is 24.6 Å². The maximum atomic E-state index is 12.7. The van der Waals surface area contributed by atoms with E-state index in [1.54, 1.807) is 24.3 Å². The van der Waals surface area contributed by atoms with Gasteiger partial charge in [0.05, 0.1) is 22.9 Å². The second kappa shape index (κ2) is 5.38. The third-order valence-corrected chi connectivity index (χ3v) is 7.46. The van der Waals surface area contributed by atoms with Crippen molar-refractivity contribution in [1.82, 2.24) is 0 Å². The summed E-state index contributed by atoms with van der Waals surface area (Å²) < 4.78 is 30.7. The van der Waals surface area contributed by atoms with Gasteiger partial charge >= 0.3 is 0 Å². The van der Waals surface area contributed by atoms with Crippen LogP contribution in [0.3, 0.4) is 0 Å². The molecule has 0 radical (unpaired) electrons. The summed E-state index contributed by atoms with van der Waals surface area (Å²) in [6.45, 7) is 7.36. The third kappa shape index (κ3) is 4.16. The average molecular weight is 298 g/mol. The van der Waals surface area contributed by atoms with Gasteiger partial charge in [-0.1, -0.05) is 37.8 Å². The molecule has 1 heterocycles. The monoisotopic (exact) mass is 298 g/mol. The minimum absolute atomic E-state index is 0.153. The largest absolute Gasteiger partial charge is 0.373 e. The van der Waals surface area contributed by atoms with Crippen LogP contribution in [0.25, 0.3) is 0 Å². The molecule has 5 heteroatoms. The van der Waals surface area contributed by atoms with E-state index < -0.39 is 17.9 Å². The molecule has 2 unspecified atom stereocenters. The molecule has 2 rings (SSSR count). The Kier molecular flexibility index (Phi) is 4.18.